The Hall–Kier alpha value is -0.0800. The van der Waals surface area contributed by atoms with Gasteiger partial charge >= 0.3 is 0 Å². The molecule has 0 bridgehead atoms. The predicted molar refractivity (Wildman–Crippen MR) is 95.1 cm³/mol. The van der Waals surface area contributed by atoms with Crippen molar-refractivity contribution < 1.29 is 0 Å². The maximum atomic E-state index is 2.79. The van der Waals surface area contributed by atoms with Gasteiger partial charge in [0, 0.05) is 38.8 Å². The number of hydrogen-bond acceptors (Lipinski definition) is 2. The van der Waals surface area contributed by atoms with Gasteiger partial charge in [-0.1, -0.05) is 27.2 Å². The molecule has 2 saturated carbocycles. The van der Waals surface area contributed by atoms with Crippen molar-refractivity contribution in [1.29, 1.82) is 0 Å². The third kappa shape index (κ3) is 4.06. The van der Waals surface area contributed by atoms with E-state index in [1.54, 1.807) is 0 Å². The summed E-state index contributed by atoms with van der Waals surface area (Å²) < 4.78 is 0. The average Bonchev–Trinajstić information content (AvgIpc) is 2.48. The van der Waals surface area contributed by atoms with Crippen LogP contribution in [0, 0.1) is 23.7 Å². The fourth-order valence-corrected chi connectivity index (χ4v) is 5.05. The minimum absolute atomic E-state index is 0.902. The minimum Gasteiger partial charge on any atom is -0.301 e. The van der Waals surface area contributed by atoms with Gasteiger partial charge in [0.15, 0.2) is 0 Å². The number of rotatable bonds is 5. The largest absolute Gasteiger partial charge is 0.301 e. The van der Waals surface area contributed by atoms with E-state index in [2.05, 4.69) is 30.6 Å². The molecule has 0 aromatic rings. The molecule has 0 atom stereocenters. The number of nitrogens with zero attached hydrogens (tertiary/aromatic N) is 2. The summed E-state index contributed by atoms with van der Waals surface area (Å²) >= 11 is 0. The Bertz CT molecular complexity index is 319. The molecule has 2 aliphatic carbocycles. The van der Waals surface area contributed by atoms with Crippen molar-refractivity contribution in [3.05, 3.63) is 0 Å². The van der Waals surface area contributed by atoms with E-state index < -0.39 is 0 Å². The molecule has 0 aromatic carbocycles. The van der Waals surface area contributed by atoms with Crippen LogP contribution in [0.3, 0.4) is 0 Å². The maximum absolute atomic E-state index is 2.79. The van der Waals surface area contributed by atoms with Crippen LogP contribution in [-0.4, -0.2) is 48.6 Å². The molecule has 1 heterocycles. The van der Waals surface area contributed by atoms with Crippen LogP contribution in [-0.2, 0) is 0 Å². The lowest BCUT2D eigenvalue weighted by atomic mass is 9.76. The summed E-state index contributed by atoms with van der Waals surface area (Å²) in [5.74, 6) is 3.95. The van der Waals surface area contributed by atoms with E-state index in [0.717, 1.165) is 29.7 Å². The molecular formula is C20H38N2. The zero-order valence-corrected chi connectivity index (χ0v) is 15.3. The molecule has 3 rings (SSSR count). The predicted octanol–water partition coefficient (Wildman–Crippen LogP) is 4.26. The van der Waals surface area contributed by atoms with E-state index in [1.165, 1.54) is 77.7 Å². The van der Waals surface area contributed by atoms with Crippen molar-refractivity contribution in [3.63, 3.8) is 0 Å². The van der Waals surface area contributed by atoms with Crippen LogP contribution < -0.4 is 0 Å². The summed E-state index contributed by atoms with van der Waals surface area (Å²) in [4.78, 5) is 5.56. The first-order valence-electron chi connectivity index (χ1n) is 10.1. The van der Waals surface area contributed by atoms with Crippen LogP contribution >= 0.6 is 0 Å². The Morgan fingerprint density at radius 1 is 0.864 bits per heavy atom. The Morgan fingerprint density at radius 2 is 1.50 bits per heavy atom. The monoisotopic (exact) mass is 306 g/mol. The summed E-state index contributed by atoms with van der Waals surface area (Å²) in [6, 6.07) is 0.939. The normalized spacial score (nSPS) is 38.2. The van der Waals surface area contributed by atoms with Crippen molar-refractivity contribution >= 4 is 0 Å². The van der Waals surface area contributed by atoms with E-state index in [-0.39, 0.29) is 0 Å². The van der Waals surface area contributed by atoms with Crippen molar-refractivity contribution in [3.8, 4) is 0 Å². The van der Waals surface area contributed by atoms with Crippen LogP contribution in [0.25, 0.3) is 0 Å². The lowest BCUT2D eigenvalue weighted by Crippen LogP contribution is -2.54. The van der Waals surface area contributed by atoms with Crippen LogP contribution in [0.5, 0.6) is 0 Å². The Labute approximate surface area is 138 Å². The van der Waals surface area contributed by atoms with Crippen LogP contribution in [0.15, 0.2) is 0 Å². The lowest BCUT2D eigenvalue weighted by Gasteiger charge is -2.47. The topological polar surface area (TPSA) is 6.48 Å². The third-order valence-electron chi connectivity index (χ3n) is 7.06. The quantitative estimate of drug-likeness (QED) is 0.749. The molecule has 0 N–H and O–H groups in total. The molecule has 1 saturated heterocycles. The van der Waals surface area contributed by atoms with Crippen LogP contribution in [0.4, 0.5) is 0 Å². The molecule has 0 unspecified atom stereocenters. The molecule has 1 aliphatic heterocycles. The summed E-state index contributed by atoms with van der Waals surface area (Å²) in [6.07, 6.45) is 10.3. The van der Waals surface area contributed by atoms with Gasteiger partial charge in [-0.2, -0.15) is 0 Å². The van der Waals surface area contributed by atoms with Gasteiger partial charge in [0.1, 0.15) is 0 Å². The van der Waals surface area contributed by atoms with Gasteiger partial charge < -0.3 is 4.90 Å². The standard InChI is InChI=1S/C20H38N2/c1-4-17-13-20(14-17)22-11-9-21(10-12-22)15-18-5-7-19(8-6-18)16(2)3/h16-20H,4-15H2,1-3H3. The second-order valence-corrected chi connectivity index (χ2v) is 8.76. The molecule has 0 spiro atoms. The van der Waals surface area contributed by atoms with Crippen LogP contribution in [0.1, 0.15) is 65.7 Å². The van der Waals surface area contributed by atoms with Crippen molar-refractivity contribution in [2.24, 2.45) is 23.7 Å². The van der Waals surface area contributed by atoms with Crippen LogP contribution in [0.2, 0.25) is 0 Å². The summed E-state index contributed by atoms with van der Waals surface area (Å²) in [5, 5.41) is 0. The first-order chi connectivity index (χ1) is 10.7. The Morgan fingerprint density at radius 3 is 2.05 bits per heavy atom. The fourth-order valence-electron chi connectivity index (χ4n) is 5.05. The summed E-state index contributed by atoms with van der Waals surface area (Å²) in [7, 11) is 0. The second kappa shape index (κ2) is 7.66. The molecule has 0 amide bonds. The van der Waals surface area contributed by atoms with Gasteiger partial charge in [0.25, 0.3) is 0 Å². The smallest absolute Gasteiger partial charge is 0.0113 e. The molecule has 2 heteroatoms. The van der Waals surface area contributed by atoms with Gasteiger partial charge in [0.2, 0.25) is 0 Å². The molecular weight excluding hydrogens is 268 g/mol. The second-order valence-electron chi connectivity index (χ2n) is 8.76. The Kier molecular flexibility index (Phi) is 5.84. The molecule has 0 radical (unpaired) electrons. The lowest BCUT2D eigenvalue weighted by molar-refractivity contribution is 0.0248. The number of hydrogen-bond donors (Lipinski definition) is 0. The third-order valence-corrected chi connectivity index (χ3v) is 7.06. The first-order valence-corrected chi connectivity index (χ1v) is 10.1. The molecule has 2 nitrogen and oxygen atoms in total. The molecule has 3 fully saturated rings. The highest BCUT2D eigenvalue weighted by Crippen LogP contribution is 2.35. The fraction of sp³-hybridized carbons (Fsp3) is 1.00. The highest BCUT2D eigenvalue weighted by Gasteiger charge is 2.34. The molecule has 22 heavy (non-hydrogen) atoms. The number of piperazine rings is 1. The van der Waals surface area contributed by atoms with Gasteiger partial charge in [0.05, 0.1) is 0 Å². The van der Waals surface area contributed by atoms with Crippen molar-refractivity contribution in [1.82, 2.24) is 9.80 Å². The van der Waals surface area contributed by atoms with E-state index in [0.29, 0.717) is 0 Å². The van der Waals surface area contributed by atoms with Gasteiger partial charge in [-0.15, -0.1) is 0 Å². The first kappa shape index (κ1) is 16.8. The van der Waals surface area contributed by atoms with E-state index in [1.807, 2.05) is 0 Å². The molecule has 128 valence electrons. The minimum atomic E-state index is 0.902. The van der Waals surface area contributed by atoms with Gasteiger partial charge in [-0.25, -0.2) is 0 Å². The SMILES string of the molecule is CCC1CC(N2CCN(CC3CCC(C(C)C)CC3)CC2)C1. The maximum Gasteiger partial charge on any atom is 0.0113 e. The van der Waals surface area contributed by atoms with Crippen molar-refractivity contribution in [2.45, 2.75) is 71.8 Å². The van der Waals surface area contributed by atoms with Gasteiger partial charge in [-0.05, 0) is 62.2 Å². The summed E-state index contributed by atoms with van der Waals surface area (Å²) in [6.45, 7) is 13.9. The average molecular weight is 307 g/mol. The zero-order chi connectivity index (χ0) is 15.5. The molecule has 3 aliphatic rings. The van der Waals surface area contributed by atoms with E-state index in [9.17, 15) is 0 Å². The van der Waals surface area contributed by atoms with E-state index in [4.69, 9.17) is 0 Å². The highest BCUT2D eigenvalue weighted by atomic mass is 15.3. The van der Waals surface area contributed by atoms with Gasteiger partial charge in [-0.3, -0.25) is 4.90 Å². The van der Waals surface area contributed by atoms with E-state index >= 15 is 0 Å². The highest BCUT2D eigenvalue weighted by molar-refractivity contribution is 4.89. The van der Waals surface area contributed by atoms with Crippen molar-refractivity contribution in [2.75, 3.05) is 32.7 Å². The Balaban J connectivity index is 1.33. The summed E-state index contributed by atoms with van der Waals surface area (Å²) in [5.41, 5.74) is 0. The molecule has 0 aromatic heterocycles. The zero-order valence-electron chi connectivity index (χ0n) is 15.3.